The number of hydrogen-bond acceptors (Lipinski definition) is 2. The van der Waals surface area contributed by atoms with Gasteiger partial charge in [0.15, 0.2) is 5.78 Å². The van der Waals surface area contributed by atoms with Crippen LogP contribution in [0.3, 0.4) is 0 Å². The molecule has 2 nitrogen and oxygen atoms in total. The number of fused-ring (bicyclic) bond motifs is 1. The number of Topliss-reactive ketones (excluding diaryl/α,β-unsaturated/α-hetero) is 1. The van der Waals surface area contributed by atoms with Crippen LogP contribution in [0.1, 0.15) is 42.5 Å². The van der Waals surface area contributed by atoms with Crippen molar-refractivity contribution in [3.63, 3.8) is 0 Å². The van der Waals surface area contributed by atoms with Crippen LogP contribution in [0.4, 0.5) is 0 Å². The number of ketones is 1. The number of piperidine rings is 2. The van der Waals surface area contributed by atoms with Gasteiger partial charge in [-0.05, 0) is 38.8 Å². The molecule has 2 aliphatic heterocycles. The Hall–Kier alpha value is -1.15. The fourth-order valence-electron chi connectivity index (χ4n) is 3.47. The van der Waals surface area contributed by atoms with Crippen molar-refractivity contribution in [2.24, 2.45) is 5.92 Å². The van der Waals surface area contributed by atoms with E-state index < -0.39 is 0 Å². The average molecular weight is 243 g/mol. The van der Waals surface area contributed by atoms with E-state index in [1.165, 1.54) is 25.8 Å². The smallest absolute Gasteiger partial charge is 0.166 e. The summed E-state index contributed by atoms with van der Waals surface area (Å²) in [6.45, 7) is 2.37. The number of benzene rings is 1. The molecule has 3 rings (SSSR count). The average Bonchev–Trinajstić information content (AvgIpc) is 2.47. The van der Waals surface area contributed by atoms with Gasteiger partial charge in [-0.1, -0.05) is 36.8 Å². The Bertz CT molecular complexity index is 414. The maximum absolute atomic E-state index is 12.5. The summed E-state index contributed by atoms with van der Waals surface area (Å²) in [5.41, 5.74) is 0.895. The van der Waals surface area contributed by atoms with E-state index in [9.17, 15) is 4.79 Å². The summed E-state index contributed by atoms with van der Waals surface area (Å²) in [6, 6.07) is 10.5. The largest absolute Gasteiger partial charge is 0.300 e. The third-order valence-corrected chi connectivity index (χ3v) is 4.50. The first-order chi connectivity index (χ1) is 8.84. The number of hydrogen-bond donors (Lipinski definition) is 0. The molecule has 0 saturated carbocycles. The molecule has 18 heavy (non-hydrogen) atoms. The summed E-state index contributed by atoms with van der Waals surface area (Å²) in [7, 11) is 0. The third kappa shape index (κ3) is 2.35. The lowest BCUT2D eigenvalue weighted by Crippen LogP contribution is -2.46. The van der Waals surface area contributed by atoms with Crippen molar-refractivity contribution >= 4 is 5.78 Å². The van der Waals surface area contributed by atoms with Crippen molar-refractivity contribution in [3.05, 3.63) is 35.9 Å². The van der Waals surface area contributed by atoms with Crippen molar-refractivity contribution in [1.82, 2.24) is 4.90 Å². The minimum atomic E-state index is 0.256. The lowest BCUT2D eigenvalue weighted by Gasteiger charge is -2.42. The summed E-state index contributed by atoms with van der Waals surface area (Å²) in [5, 5.41) is 0. The molecule has 2 atom stereocenters. The minimum absolute atomic E-state index is 0.256. The van der Waals surface area contributed by atoms with Gasteiger partial charge in [0.05, 0.1) is 0 Å². The van der Waals surface area contributed by atoms with E-state index in [1.54, 1.807) is 0 Å². The van der Waals surface area contributed by atoms with E-state index in [0.717, 1.165) is 24.9 Å². The molecular formula is C16H21NO. The molecule has 0 bridgehead atoms. The van der Waals surface area contributed by atoms with Crippen LogP contribution in [0.15, 0.2) is 30.3 Å². The van der Waals surface area contributed by atoms with Gasteiger partial charge in [0.1, 0.15) is 0 Å². The fraction of sp³-hybridized carbons (Fsp3) is 0.562. The summed E-state index contributed by atoms with van der Waals surface area (Å²) in [4.78, 5) is 15.1. The summed E-state index contributed by atoms with van der Waals surface area (Å²) >= 11 is 0. The lowest BCUT2D eigenvalue weighted by molar-refractivity contribution is 0.0615. The zero-order chi connectivity index (χ0) is 12.4. The van der Waals surface area contributed by atoms with Gasteiger partial charge < -0.3 is 4.90 Å². The van der Waals surface area contributed by atoms with Crippen molar-refractivity contribution in [2.75, 3.05) is 13.1 Å². The Morgan fingerprint density at radius 2 is 1.89 bits per heavy atom. The van der Waals surface area contributed by atoms with Gasteiger partial charge in [-0.3, -0.25) is 4.79 Å². The van der Waals surface area contributed by atoms with Crippen LogP contribution in [0, 0.1) is 5.92 Å². The van der Waals surface area contributed by atoms with E-state index in [1.807, 2.05) is 30.3 Å². The molecule has 96 valence electrons. The second-order valence-electron chi connectivity index (χ2n) is 5.64. The maximum atomic E-state index is 12.5. The highest BCUT2D eigenvalue weighted by Crippen LogP contribution is 2.31. The molecule has 2 saturated heterocycles. The Labute approximate surface area is 109 Å². The summed E-state index contributed by atoms with van der Waals surface area (Å²) in [5.74, 6) is 0.618. The molecule has 0 unspecified atom stereocenters. The Morgan fingerprint density at radius 1 is 1.06 bits per heavy atom. The SMILES string of the molecule is O=C(c1ccccc1)[C@@H]1CCN2CCCC[C@H]2C1. The van der Waals surface area contributed by atoms with E-state index in [2.05, 4.69) is 4.90 Å². The van der Waals surface area contributed by atoms with E-state index in [0.29, 0.717) is 11.8 Å². The van der Waals surface area contributed by atoms with Gasteiger partial charge in [-0.25, -0.2) is 0 Å². The molecule has 0 spiro atoms. The van der Waals surface area contributed by atoms with E-state index >= 15 is 0 Å². The molecule has 0 aliphatic carbocycles. The van der Waals surface area contributed by atoms with Crippen LogP contribution < -0.4 is 0 Å². The highest BCUT2D eigenvalue weighted by molar-refractivity contribution is 5.97. The number of nitrogens with zero attached hydrogens (tertiary/aromatic N) is 1. The van der Waals surface area contributed by atoms with E-state index in [4.69, 9.17) is 0 Å². The molecule has 2 aliphatic rings. The van der Waals surface area contributed by atoms with Crippen molar-refractivity contribution in [1.29, 1.82) is 0 Å². The van der Waals surface area contributed by atoms with Crippen LogP contribution >= 0.6 is 0 Å². The van der Waals surface area contributed by atoms with Crippen LogP contribution in [0.5, 0.6) is 0 Å². The van der Waals surface area contributed by atoms with Crippen LogP contribution in [0.2, 0.25) is 0 Å². The normalized spacial score (nSPS) is 28.7. The van der Waals surface area contributed by atoms with Gasteiger partial charge in [-0.2, -0.15) is 0 Å². The topological polar surface area (TPSA) is 20.3 Å². The predicted molar refractivity (Wildman–Crippen MR) is 72.7 cm³/mol. The highest BCUT2D eigenvalue weighted by Gasteiger charge is 2.33. The van der Waals surface area contributed by atoms with Crippen molar-refractivity contribution in [3.8, 4) is 0 Å². The molecule has 0 amide bonds. The van der Waals surface area contributed by atoms with Gasteiger partial charge in [-0.15, -0.1) is 0 Å². The molecule has 2 heteroatoms. The van der Waals surface area contributed by atoms with Gasteiger partial charge in [0.2, 0.25) is 0 Å². The summed E-state index contributed by atoms with van der Waals surface area (Å²) in [6.07, 6.45) is 6.09. The molecule has 1 aromatic carbocycles. The maximum Gasteiger partial charge on any atom is 0.166 e. The molecule has 0 radical (unpaired) electrons. The molecule has 2 fully saturated rings. The van der Waals surface area contributed by atoms with Crippen LogP contribution in [-0.4, -0.2) is 29.8 Å². The minimum Gasteiger partial charge on any atom is -0.300 e. The standard InChI is InChI=1S/C16H21NO/c18-16(13-6-2-1-3-7-13)14-9-11-17-10-5-4-8-15(17)12-14/h1-3,6-7,14-15H,4-5,8-12H2/t14-,15+/m1/s1. The number of carbonyl (C=O) groups excluding carboxylic acids is 1. The van der Waals surface area contributed by atoms with Crippen LogP contribution in [-0.2, 0) is 0 Å². The Morgan fingerprint density at radius 3 is 2.72 bits per heavy atom. The third-order valence-electron chi connectivity index (χ3n) is 4.50. The summed E-state index contributed by atoms with van der Waals surface area (Å²) < 4.78 is 0. The lowest BCUT2D eigenvalue weighted by atomic mass is 9.82. The number of carbonyl (C=O) groups is 1. The second kappa shape index (κ2) is 5.23. The molecule has 1 aromatic rings. The van der Waals surface area contributed by atoms with Gasteiger partial charge >= 0.3 is 0 Å². The van der Waals surface area contributed by atoms with Crippen molar-refractivity contribution in [2.45, 2.75) is 38.1 Å². The zero-order valence-electron chi connectivity index (χ0n) is 10.8. The number of rotatable bonds is 2. The van der Waals surface area contributed by atoms with Crippen LogP contribution in [0.25, 0.3) is 0 Å². The molecule has 0 aromatic heterocycles. The van der Waals surface area contributed by atoms with Gasteiger partial charge in [0, 0.05) is 17.5 Å². The molecule has 0 N–H and O–H groups in total. The first-order valence-electron chi connectivity index (χ1n) is 7.18. The first kappa shape index (κ1) is 11.9. The monoisotopic (exact) mass is 243 g/mol. The van der Waals surface area contributed by atoms with Crippen molar-refractivity contribution < 1.29 is 4.79 Å². The zero-order valence-corrected chi connectivity index (χ0v) is 10.8. The quantitative estimate of drug-likeness (QED) is 0.744. The van der Waals surface area contributed by atoms with E-state index in [-0.39, 0.29) is 5.92 Å². The fourth-order valence-corrected chi connectivity index (χ4v) is 3.47. The molecule has 2 heterocycles. The second-order valence-corrected chi connectivity index (χ2v) is 5.64. The Kier molecular flexibility index (Phi) is 3.46. The Balaban J connectivity index is 1.69. The van der Waals surface area contributed by atoms with Gasteiger partial charge in [0.25, 0.3) is 0 Å². The molecular weight excluding hydrogens is 222 g/mol. The highest BCUT2D eigenvalue weighted by atomic mass is 16.1. The predicted octanol–water partition coefficient (Wildman–Crippen LogP) is 3.13. The first-order valence-corrected chi connectivity index (χ1v) is 7.18.